The number of piperazine rings is 1. The van der Waals surface area contributed by atoms with E-state index in [4.69, 9.17) is 19.8 Å². The fraction of sp³-hybridized carbons (Fsp3) is 0.433. The molecular weight excluding hydrogens is 555 g/mol. The predicted molar refractivity (Wildman–Crippen MR) is 162 cm³/mol. The molecule has 5 rings (SSSR count). The minimum Gasteiger partial charge on any atom is -0.444 e. The molecule has 0 unspecified atom stereocenters. The van der Waals surface area contributed by atoms with Gasteiger partial charge in [0.15, 0.2) is 10.8 Å². The van der Waals surface area contributed by atoms with E-state index in [1.807, 2.05) is 64.1 Å². The lowest BCUT2D eigenvalue weighted by atomic mass is 10.1. The van der Waals surface area contributed by atoms with E-state index in [1.165, 1.54) is 23.5 Å². The van der Waals surface area contributed by atoms with Gasteiger partial charge in [0.2, 0.25) is 0 Å². The summed E-state index contributed by atoms with van der Waals surface area (Å²) in [5, 5.41) is 15.3. The maximum Gasteiger partial charge on any atom is 0.410 e. The van der Waals surface area contributed by atoms with Crippen molar-refractivity contribution in [1.29, 1.82) is 5.26 Å². The molecule has 1 aliphatic heterocycles. The summed E-state index contributed by atoms with van der Waals surface area (Å²) >= 11 is 1.27. The van der Waals surface area contributed by atoms with Crippen LogP contribution in [-0.4, -0.2) is 68.9 Å². The van der Waals surface area contributed by atoms with Gasteiger partial charge in [-0.1, -0.05) is 18.3 Å². The normalized spacial score (nSPS) is 15.6. The van der Waals surface area contributed by atoms with Crippen molar-refractivity contribution in [1.82, 2.24) is 24.5 Å². The number of amides is 1. The molecule has 4 heterocycles. The van der Waals surface area contributed by atoms with Crippen LogP contribution in [0.1, 0.15) is 50.9 Å². The van der Waals surface area contributed by atoms with Crippen molar-refractivity contribution in [3.8, 4) is 17.3 Å². The van der Waals surface area contributed by atoms with Crippen molar-refractivity contribution in [2.75, 3.05) is 36.5 Å². The number of hydrogen-bond acceptors (Lipinski definition) is 9. The Kier molecular flexibility index (Phi) is 7.81. The number of nitriles is 1. The van der Waals surface area contributed by atoms with Gasteiger partial charge in [0, 0.05) is 50.0 Å². The van der Waals surface area contributed by atoms with E-state index in [9.17, 15) is 14.4 Å². The van der Waals surface area contributed by atoms with Crippen LogP contribution in [-0.2, 0) is 11.2 Å². The van der Waals surface area contributed by atoms with Crippen molar-refractivity contribution < 1.29 is 13.9 Å². The smallest absolute Gasteiger partial charge is 0.410 e. The third kappa shape index (κ3) is 5.61. The molecule has 1 aliphatic rings. The summed E-state index contributed by atoms with van der Waals surface area (Å²) in [5.41, 5.74) is 3.91. The molecule has 220 valence electrons. The third-order valence-electron chi connectivity index (χ3n) is 7.17. The second-order valence-corrected chi connectivity index (χ2v) is 12.4. The number of benzene rings is 1. The number of halogens is 1. The summed E-state index contributed by atoms with van der Waals surface area (Å²) in [4.78, 5) is 28.9. The van der Waals surface area contributed by atoms with E-state index >= 15 is 0 Å². The van der Waals surface area contributed by atoms with Crippen molar-refractivity contribution >= 4 is 39.7 Å². The van der Waals surface area contributed by atoms with Gasteiger partial charge in [0.05, 0.1) is 5.69 Å². The number of anilines is 3. The minimum atomic E-state index is -0.551. The van der Waals surface area contributed by atoms with Crippen molar-refractivity contribution in [3.05, 3.63) is 52.4 Å². The molecular formula is C30H35FN8O2S. The zero-order valence-electron chi connectivity index (χ0n) is 25.0. The summed E-state index contributed by atoms with van der Waals surface area (Å²) in [5.74, 6) is 0.457. The number of rotatable bonds is 5. The first-order chi connectivity index (χ1) is 19.9. The molecule has 0 bridgehead atoms. The summed E-state index contributed by atoms with van der Waals surface area (Å²) in [6, 6.07) is 10.2. The highest BCUT2D eigenvalue weighted by Gasteiger charge is 2.32. The zero-order valence-corrected chi connectivity index (χ0v) is 25.8. The Morgan fingerprint density at radius 2 is 1.95 bits per heavy atom. The average Bonchev–Trinajstić information content (AvgIpc) is 3.54. The molecule has 1 amide bonds. The van der Waals surface area contributed by atoms with E-state index in [2.05, 4.69) is 11.0 Å². The van der Waals surface area contributed by atoms with Crippen LogP contribution in [0.25, 0.3) is 16.9 Å². The Labute approximate surface area is 249 Å². The molecule has 0 spiro atoms. The van der Waals surface area contributed by atoms with Gasteiger partial charge in [0.25, 0.3) is 0 Å². The van der Waals surface area contributed by atoms with Crippen LogP contribution in [0, 0.1) is 24.1 Å². The van der Waals surface area contributed by atoms with Crippen LogP contribution < -0.4 is 9.80 Å². The molecule has 4 aromatic rings. The lowest BCUT2D eigenvalue weighted by Gasteiger charge is -2.40. The molecule has 12 heteroatoms. The molecule has 10 nitrogen and oxygen atoms in total. The summed E-state index contributed by atoms with van der Waals surface area (Å²) in [6.07, 6.45) is 0.367. The highest BCUT2D eigenvalue weighted by atomic mass is 32.1. The Morgan fingerprint density at radius 1 is 1.24 bits per heavy atom. The third-order valence-corrected chi connectivity index (χ3v) is 8.21. The topological polar surface area (TPSA) is 103 Å². The molecule has 0 N–H and O–H groups in total. The Morgan fingerprint density at radius 3 is 2.57 bits per heavy atom. The number of nitrogens with zero attached hydrogens (tertiary/aromatic N) is 8. The van der Waals surface area contributed by atoms with Crippen molar-refractivity contribution in [2.24, 2.45) is 0 Å². The molecule has 1 saturated heterocycles. The van der Waals surface area contributed by atoms with Gasteiger partial charge in [-0.15, -0.1) is 0 Å². The quantitative estimate of drug-likeness (QED) is 0.281. The molecule has 42 heavy (non-hydrogen) atoms. The van der Waals surface area contributed by atoms with Crippen LogP contribution >= 0.6 is 11.3 Å². The summed E-state index contributed by atoms with van der Waals surface area (Å²) in [7, 11) is 1.90. The number of carbonyl (C=O) groups is 1. The van der Waals surface area contributed by atoms with Gasteiger partial charge < -0.3 is 19.4 Å². The highest BCUT2D eigenvalue weighted by molar-refractivity contribution is 7.16. The lowest BCUT2D eigenvalue weighted by Crippen LogP contribution is -2.55. The minimum absolute atomic E-state index is 0.0604. The van der Waals surface area contributed by atoms with Crippen LogP contribution in [0.3, 0.4) is 0 Å². The van der Waals surface area contributed by atoms with E-state index < -0.39 is 5.60 Å². The Hall–Kier alpha value is -4.24. The Bertz CT molecular complexity index is 1670. The largest absolute Gasteiger partial charge is 0.444 e. The number of thiazole rings is 1. The number of carbonyl (C=O) groups excluding carboxylic acids is 1. The molecule has 0 aliphatic carbocycles. The maximum absolute atomic E-state index is 13.5. The van der Waals surface area contributed by atoms with Gasteiger partial charge in [-0.2, -0.15) is 10.4 Å². The van der Waals surface area contributed by atoms with E-state index in [0.717, 1.165) is 22.9 Å². The number of aryl methyl sites for hydroxylation is 2. The number of fused-ring (bicyclic) bond motifs is 1. The van der Waals surface area contributed by atoms with Gasteiger partial charge in [-0.3, -0.25) is 0 Å². The van der Waals surface area contributed by atoms with Crippen LogP contribution in [0.4, 0.5) is 25.8 Å². The first kappa shape index (κ1) is 29.3. The summed E-state index contributed by atoms with van der Waals surface area (Å²) in [6.45, 7) is 13.4. The van der Waals surface area contributed by atoms with Gasteiger partial charge >= 0.3 is 6.09 Å². The second-order valence-electron chi connectivity index (χ2n) is 11.5. The van der Waals surface area contributed by atoms with Crippen LogP contribution in [0.2, 0.25) is 0 Å². The standard InChI is InChI=1S/C30H35FN8O2S/c1-8-22-26(36(7)28-34-25(23(16-32)42-28)20-9-11-21(31)12-10-20)27-33-24(15-18(2)39(27)35-22)37-13-14-38(19(3)17-37)29(40)41-30(4,5)6/h9-12,15,19H,8,13-14,17H2,1-7H3/t19-/m1/s1. The highest BCUT2D eigenvalue weighted by Crippen LogP contribution is 2.38. The van der Waals surface area contributed by atoms with Crippen LogP contribution in [0.5, 0.6) is 0 Å². The first-order valence-corrected chi connectivity index (χ1v) is 14.8. The first-order valence-electron chi connectivity index (χ1n) is 13.9. The average molecular weight is 591 g/mol. The molecule has 1 aromatic carbocycles. The fourth-order valence-electron chi connectivity index (χ4n) is 5.11. The van der Waals surface area contributed by atoms with Crippen molar-refractivity contribution in [3.63, 3.8) is 0 Å². The maximum atomic E-state index is 13.5. The van der Waals surface area contributed by atoms with E-state index in [1.54, 1.807) is 17.0 Å². The molecule has 3 aromatic heterocycles. The Balaban J connectivity index is 1.49. The number of aromatic nitrogens is 4. The van der Waals surface area contributed by atoms with E-state index in [0.29, 0.717) is 53.0 Å². The van der Waals surface area contributed by atoms with Crippen molar-refractivity contribution in [2.45, 2.75) is 59.6 Å². The van der Waals surface area contributed by atoms with Gasteiger partial charge in [0.1, 0.15) is 39.6 Å². The van der Waals surface area contributed by atoms with Gasteiger partial charge in [-0.25, -0.2) is 23.7 Å². The monoisotopic (exact) mass is 590 g/mol. The molecule has 1 atom stereocenters. The lowest BCUT2D eigenvalue weighted by molar-refractivity contribution is 0.0158. The van der Waals surface area contributed by atoms with Crippen LogP contribution in [0.15, 0.2) is 30.3 Å². The predicted octanol–water partition coefficient (Wildman–Crippen LogP) is 5.95. The molecule has 1 fully saturated rings. The summed E-state index contributed by atoms with van der Waals surface area (Å²) < 4.78 is 21.0. The SMILES string of the molecule is CCc1nn2c(C)cc(N3CCN(C(=O)OC(C)(C)C)[C@H](C)C3)nc2c1N(C)c1nc(-c2ccc(F)cc2)c(C#N)s1. The molecule has 0 saturated carbocycles. The molecule has 0 radical (unpaired) electrons. The number of hydrogen-bond donors (Lipinski definition) is 0. The fourth-order valence-corrected chi connectivity index (χ4v) is 5.96. The van der Waals surface area contributed by atoms with Gasteiger partial charge in [-0.05, 0) is 65.3 Å². The van der Waals surface area contributed by atoms with E-state index in [-0.39, 0.29) is 18.0 Å². The second kappa shape index (κ2) is 11.2. The zero-order chi connectivity index (χ0) is 30.3. The number of ether oxygens (including phenoxy) is 1.